The highest BCUT2D eigenvalue weighted by molar-refractivity contribution is 7.18. The van der Waals surface area contributed by atoms with E-state index >= 15 is 0 Å². The van der Waals surface area contributed by atoms with Gasteiger partial charge in [-0.25, -0.2) is 0 Å². The van der Waals surface area contributed by atoms with Crippen LogP contribution in [0, 0.1) is 6.92 Å². The summed E-state index contributed by atoms with van der Waals surface area (Å²) in [5, 5.41) is 3.86. The Balaban J connectivity index is 1.54. The van der Waals surface area contributed by atoms with E-state index in [1.165, 1.54) is 11.3 Å². The summed E-state index contributed by atoms with van der Waals surface area (Å²) in [6.45, 7) is 3.55. The Labute approximate surface area is 208 Å². The molecule has 1 aromatic heterocycles. The Morgan fingerprint density at radius 2 is 2.03 bits per heavy atom. The number of carbonyl (C=O) groups excluding carboxylic acids is 2. The minimum absolute atomic E-state index is 0.0224. The Morgan fingerprint density at radius 1 is 1.21 bits per heavy atom. The van der Waals surface area contributed by atoms with Gasteiger partial charge in [0.2, 0.25) is 0 Å². The standard InChI is InChI=1S/C26H27ClN2O4S/c1-17-13-23(28-25(30)21-10-3-4-11-22(21)27)34-24(17)26(31)29(16-20-9-6-12-33-20)15-18-7-5-8-19(14-18)32-2/h3-5,7-8,10-11,13-14,20H,6,9,12,15-16H2,1-2H3,(H,28,30). The van der Waals surface area contributed by atoms with Crippen molar-refractivity contribution >= 4 is 39.8 Å². The molecule has 1 atom stereocenters. The number of hydrogen-bond acceptors (Lipinski definition) is 5. The van der Waals surface area contributed by atoms with Crippen LogP contribution in [0.4, 0.5) is 5.00 Å². The number of rotatable bonds is 8. The van der Waals surface area contributed by atoms with Gasteiger partial charge in [0.15, 0.2) is 0 Å². The van der Waals surface area contributed by atoms with Crippen LogP contribution in [0.25, 0.3) is 0 Å². The summed E-state index contributed by atoms with van der Waals surface area (Å²) in [6, 6.07) is 16.4. The van der Waals surface area contributed by atoms with Gasteiger partial charge in [-0.3, -0.25) is 9.59 Å². The predicted molar refractivity (Wildman–Crippen MR) is 135 cm³/mol. The summed E-state index contributed by atoms with van der Waals surface area (Å²) in [5.74, 6) is 0.358. The lowest BCUT2D eigenvalue weighted by Gasteiger charge is -2.25. The molecule has 8 heteroatoms. The third-order valence-corrected chi connectivity index (χ3v) is 7.18. The van der Waals surface area contributed by atoms with Gasteiger partial charge in [0.1, 0.15) is 5.75 Å². The molecular weight excluding hydrogens is 472 g/mol. The number of thiophene rings is 1. The second kappa shape index (κ2) is 11.0. The minimum Gasteiger partial charge on any atom is -0.497 e. The van der Waals surface area contributed by atoms with Crippen molar-refractivity contribution in [1.82, 2.24) is 4.90 Å². The summed E-state index contributed by atoms with van der Waals surface area (Å²) >= 11 is 7.42. The highest BCUT2D eigenvalue weighted by Crippen LogP contribution is 2.30. The molecule has 2 aromatic carbocycles. The van der Waals surface area contributed by atoms with Crippen LogP contribution in [0.2, 0.25) is 5.02 Å². The number of halogens is 1. The van der Waals surface area contributed by atoms with E-state index in [4.69, 9.17) is 21.1 Å². The maximum Gasteiger partial charge on any atom is 0.264 e. The first-order valence-electron chi connectivity index (χ1n) is 11.1. The predicted octanol–water partition coefficient (Wildman–Crippen LogP) is 5.79. The van der Waals surface area contributed by atoms with Crippen LogP contribution < -0.4 is 10.1 Å². The van der Waals surface area contributed by atoms with E-state index in [2.05, 4.69) is 5.32 Å². The first-order valence-corrected chi connectivity index (χ1v) is 12.3. The number of aryl methyl sites for hydroxylation is 1. The molecule has 0 bridgehead atoms. The number of nitrogens with one attached hydrogen (secondary N) is 1. The summed E-state index contributed by atoms with van der Waals surface area (Å²) in [5.41, 5.74) is 2.18. The summed E-state index contributed by atoms with van der Waals surface area (Å²) in [4.78, 5) is 28.7. The number of anilines is 1. The molecule has 0 saturated carbocycles. The third-order valence-electron chi connectivity index (χ3n) is 5.71. The van der Waals surface area contributed by atoms with Crippen molar-refractivity contribution in [3.8, 4) is 5.75 Å². The van der Waals surface area contributed by atoms with E-state index < -0.39 is 0 Å². The van der Waals surface area contributed by atoms with Crippen molar-refractivity contribution in [1.29, 1.82) is 0 Å². The monoisotopic (exact) mass is 498 g/mol. The Kier molecular flexibility index (Phi) is 7.88. The fourth-order valence-corrected chi connectivity index (χ4v) is 5.23. The van der Waals surface area contributed by atoms with Crippen LogP contribution in [-0.4, -0.2) is 43.1 Å². The van der Waals surface area contributed by atoms with Gasteiger partial charge in [0.25, 0.3) is 11.8 Å². The molecule has 1 saturated heterocycles. The van der Waals surface area contributed by atoms with Gasteiger partial charge in [0, 0.05) is 19.7 Å². The lowest BCUT2D eigenvalue weighted by Crippen LogP contribution is -2.36. The Hall–Kier alpha value is -2.87. The van der Waals surface area contributed by atoms with E-state index in [1.807, 2.05) is 42.2 Å². The second-order valence-electron chi connectivity index (χ2n) is 8.23. The van der Waals surface area contributed by atoms with Gasteiger partial charge in [0.05, 0.1) is 33.7 Å². The molecule has 34 heavy (non-hydrogen) atoms. The lowest BCUT2D eigenvalue weighted by atomic mass is 10.1. The SMILES string of the molecule is COc1cccc(CN(CC2CCCO2)C(=O)c2sc(NC(=O)c3ccccc3Cl)cc2C)c1. The number of carbonyl (C=O) groups is 2. The number of amides is 2. The summed E-state index contributed by atoms with van der Waals surface area (Å²) < 4.78 is 11.2. The fourth-order valence-electron chi connectivity index (χ4n) is 3.97. The van der Waals surface area contributed by atoms with Crippen molar-refractivity contribution in [2.45, 2.75) is 32.4 Å². The van der Waals surface area contributed by atoms with E-state index in [0.717, 1.165) is 36.3 Å². The average Bonchev–Trinajstić information content (AvgIpc) is 3.48. The number of methoxy groups -OCH3 is 1. The molecule has 4 rings (SSSR count). The topological polar surface area (TPSA) is 67.9 Å². The normalized spacial score (nSPS) is 15.2. The largest absolute Gasteiger partial charge is 0.497 e. The molecule has 0 aliphatic carbocycles. The number of nitrogens with zero attached hydrogens (tertiary/aromatic N) is 1. The van der Waals surface area contributed by atoms with Gasteiger partial charge in [-0.2, -0.15) is 0 Å². The van der Waals surface area contributed by atoms with Gasteiger partial charge < -0.3 is 19.7 Å². The quantitative estimate of drug-likeness (QED) is 0.426. The molecule has 2 heterocycles. The molecule has 0 spiro atoms. The van der Waals surface area contributed by atoms with Crippen molar-refractivity contribution in [2.24, 2.45) is 0 Å². The Morgan fingerprint density at radius 3 is 2.76 bits per heavy atom. The fraction of sp³-hybridized carbons (Fsp3) is 0.308. The molecule has 1 fully saturated rings. The Bertz CT molecular complexity index is 1170. The maximum absolute atomic E-state index is 13.7. The van der Waals surface area contributed by atoms with Gasteiger partial charge >= 0.3 is 0 Å². The zero-order valence-corrected chi connectivity index (χ0v) is 20.7. The van der Waals surface area contributed by atoms with E-state index in [0.29, 0.717) is 33.6 Å². The molecule has 1 unspecified atom stereocenters. The molecule has 1 aliphatic rings. The van der Waals surface area contributed by atoms with Crippen LogP contribution in [0.5, 0.6) is 5.75 Å². The summed E-state index contributed by atoms with van der Waals surface area (Å²) in [6.07, 6.45) is 1.96. The maximum atomic E-state index is 13.7. The molecule has 1 aliphatic heterocycles. The molecule has 0 radical (unpaired) electrons. The first kappa shape index (κ1) is 24.3. The van der Waals surface area contributed by atoms with Gasteiger partial charge in [-0.05, 0) is 61.2 Å². The van der Waals surface area contributed by atoms with Crippen molar-refractivity contribution in [3.05, 3.63) is 81.2 Å². The molecule has 1 N–H and O–H groups in total. The van der Waals surface area contributed by atoms with Crippen molar-refractivity contribution in [3.63, 3.8) is 0 Å². The number of ether oxygens (including phenoxy) is 2. The smallest absolute Gasteiger partial charge is 0.264 e. The first-order chi connectivity index (χ1) is 16.4. The highest BCUT2D eigenvalue weighted by atomic mass is 35.5. The zero-order valence-electron chi connectivity index (χ0n) is 19.2. The van der Waals surface area contributed by atoms with E-state index in [1.54, 1.807) is 31.4 Å². The van der Waals surface area contributed by atoms with Gasteiger partial charge in [-0.15, -0.1) is 11.3 Å². The van der Waals surface area contributed by atoms with Crippen molar-refractivity contribution in [2.75, 3.05) is 25.6 Å². The zero-order chi connectivity index (χ0) is 24.1. The molecule has 178 valence electrons. The lowest BCUT2D eigenvalue weighted by molar-refractivity contribution is 0.0510. The second-order valence-corrected chi connectivity index (χ2v) is 9.69. The molecule has 2 amide bonds. The average molecular weight is 499 g/mol. The number of benzene rings is 2. The van der Waals surface area contributed by atoms with Crippen LogP contribution in [0.15, 0.2) is 54.6 Å². The van der Waals surface area contributed by atoms with Crippen LogP contribution in [-0.2, 0) is 11.3 Å². The third kappa shape index (κ3) is 5.78. The highest BCUT2D eigenvalue weighted by Gasteiger charge is 2.26. The minimum atomic E-state index is -0.307. The number of hydrogen-bond donors (Lipinski definition) is 1. The van der Waals surface area contributed by atoms with Crippen molar-refractivity contribution < 1.29 is 19.1 Å². The molecular formula is C26H27ClN2O4S. The molecule has 3 aromatic rings. The summed E-state index contributed by atoms with van der Waals surface area (Å²) in [7, 11) is 1.63. The van der Waals surface area contributed by atoms with Crippen LogP contribution >= 0.6 is 22.9 Å². The van der Waals surface area contributed by atoms with E-state index in [-0.39, 0.29) is 17.9 Å². The van der Waals surface area contributed by atoms with Gasteiger partial charge in [-0.1, -0.05) is 35.9 Å². The van der Waals surface area contributed by atoms with E-state index in [9.17, 15) is 9.59 Å². The van der Waals surface area contributed by atoms with Crippen LogP contribution in [0.1, 0.15) is 44.0 Å². The van der Waals surface area contributed by atoms with Crippen LogP contribution in [0.3, 0.4) is 0 Å². The molecule has 6 nitrogen and oxygen atoms in total.